The van der Waals surface area contributed by atoms with E-state index in [0.717, 1.165) is 23.0 Å². The first kappa shape index (κ1) is 14.6. The molecule has 4 heteroatoms. The number of anilines is 1. The van der Waals surface area contributed by atoms with E-state index in [9.17, 15) is 0 Å². The van der Waals surface area contributed by atoms with Crippen molar-refractivity contribution in [2.24, 2.45) is 0 Å². The van der Waals surface area contributed by atoms with Crippen LogP contribution < -0.4 is 5.32 Å². The van der Waals surface area contributed by atoms with Crippen LogP contribution >= 0.6 is 31.9 Å². The molecule has 0 bridgehead atoms. The maximum Gasteiger partial charge on any atom is 0.0992 e. The summed E-state index contributed by atoms with van der Waals surface area (Å²) in [5.74, 6) is 0.621. The van der Waals surface area contributed by atoms with Gasteiger partial charge >= 0.3 is 0 Å². The number of benzene rings is 2. The van der Waals surface area contributed by atoms with Gasteiger partial charge in [-0.05, 0) is 64.5 Å². The van der Waals surface area contributed by atoms with Gasteiger partial charge < -0.3 is 5.32 Å². The topological polar surface area (TPSA) is 35.8 Å². The highest BCUT2D eigenvalue weighted by molar-refractivity contribution is 9.10. The third-order valence-electron chi connectivity index (χ3n) is 3.94. The summed E-state index contributed by atoms with van der Waals surface area (Å²) in [5.41, 5.74) is 3.13. The molecule has 0 heterocycles. The van der Waals surface area contributed by atoms with Crippen molar-refractivity contribution in [3.05, 3.63) is 62.5 Å². The molecule has 2 aromatic carbocycles. The van der Waals surface area contributed by atoms with Gasteiger partial charge in [0, 0.05) is 20.7 Å². The normalized spacial score (nSPS) is 20.4. The molecular weight excluding hydrogens is 392 g/mol. The summed E-state index contributed by atoms with van der Waals surface area (Å²) in [7, 11) is 0. The minimum absolute atomic E-state index is 0.492. The third-order valence-corrected chi connectivity index (χ3v) is 5.32. The lowest BCUT2D eigenvalue weighted by molar-refractivity contribution is 0.373. The largest absolute Gasteiger partial charge is 0.381 e. The van der Waals surface area contributed by atoms with Crippen molar-refractivity contribution < 1.29 is 0 Å². The molecule has 21 heavy (non-hydrogen) atoms. The van der Waals surface area contributed by atoms with Crippen molar-refractivity contribution in [3.8, 4) is 6.07 Å². The predicted molar refractivity (Wildman–Crippen MR) is 92.4 cm³/mol. The molecule has 2 nitrogen and oxygen atoms in total. The second-order valence-corrected chi connectivity index (χ2v) is 7.05. The summed E-state index contributed by atoms with van der Waals surface area (Å²) in [6.07, 6.45) is 2.27. The van der Waals surface area contributed by atoms with E-state index in [1.807, 2.05) is 18.2 Å². The minimum atomic E-state index is 0.492. The van der Waals surface area contributed by atoms with Crippen molar-refractivity contribution in [1.29, 1.82) is 5.26 Å². The van der Waals surface area contributed by atoms with Gasteiger partial charge in [-0.15, -0.1) is 0 Å². The van der Waals surface area contributed by atoms with Crippen molar-refractivity contribution in [1.82, 2.24) is 0 Å². The first-order valence-corrected chi connectivity index (χ1v) is 8.46. The molecule has 1 fully saturated rings. The zero-order valence-electron chi connectivity index (χ0n) is 11.3. The number of hydrogen-bond donors (Lipinski definition) is 1. The number of nitrogens with zero attached hydrogens (tertiary/aromatic N) is 1. The standard InChI is InChI=1S/C17H14Br2N2/c18-15-4-2-1-3-14(15)12-8-13(9-12)21-17-6-5-11(10-20)7-16(17)19/h1-7,12-13,21H,8-9H2. The summed E-state index contributed by atoms with van der Waals surface area (Å²) >= 11 is 7.15. The average molecular weight is 406 g/mol. The molecule has 0 radical (unpaired) electrons. The van der Waals surface area contributed by atoms with Crippen LogP contribution in [0.2, 0.25) is 0 Å². The van der Waals surface area contributed by atoms with Crippen molar-refractivity contribution in [2.45, 2.75) is 24.8 Å². The quantitative estimate of drug-likeness (QED) is 0.737. The minimum Gasteiger partial charge on any atom is -0.381 e. The third kappa shape index (κ3) is 3.14. The summed E-state index contributed by atoms with van der Waals surface area (Å²) < 4.78 is 2.15. The smallest absolute Gasteiger partial charge is 0.0992 e. The van der Waals surface area contributed by atoms with Crippen LogP contribution in [0.1, 0.15) is 29.9 Å². The van der Waals surface area contributed by atoms with Gasteiger partial charge in [-0.2, -0.15) is 5.26 Å². The molecule has 0 saturated heterocycles. The average Bonchev–Trinajstić information content (AvgIpc) is 2.45. The van der Waals surface area contributed by atoms with E-state index in [2.05, 4.69) is 67.5 Å². The molecule has 106 valence electrons. The van der Waals surface area contributed by atoms with Gasteiger partial charge in [0.1, 0.15) is 0 Å². The number of nitrogens with one attached hydrogen (secondary N) is 1. The van der Waals surface area contributed by atoms with Crippen molar-refractivity contribution in [3.63, 3.8) is 0 Å². The van der Waals surface area contributed by atoms with Crippen LogP contribution in [-0.4, -0.2) is 6.04 Å². The van der Waals surface area contributed by atoms with Crippen LogP contribution in [0.5, 0.6) is 0 Å². The van der Waals surface area contributed by atoms with E-state index in [-0.39, 0.29) is 0 Å². The highest BCUT2D eigenvalue weighted by Gasteiger charge is 2.31. The molecule has 0 atom stereocenters. The molecule has 0 aliphatic heterocycles. The second-order valence-electron chi connectivity index (χ2n) is 5.34. The molecule has 1 saturated carbocycles. The van der Waals surface area contributed by atoms with Crippen LogP contribution in [0.15, 0.2) is 51.4 Å². The lowest BCUT2D eigenvalue weighted by Gasteiger charge is -2.37. The van der Waals surface area contributed by atoms with E-state index < -0.39 is 0 Å². The molecule has 0 unspecified atom stereocenters. The molecule has 0 aromatic heterocycles. The molecule has 3 rings (SSSR count). The van der Waals surface area contributed by atoms with E-state index >= 15 is 0 Å². The van der Waals surface area contributed by atoms with Gasteiger partial charge in [0.2, 0.25) is 0 Å². The molecule has 1 N–H and O–H groups in total. The monoisotopic (exact) mass is 404 g/mol. The Hall–Kier alpha value is -1.31. The Morgan fingerprint density at radius 2 is 1.81 bits per heavy atom. The molecule has 2 aromatic rings. The molecule has 1 aliphatic rings. The van der Waals surface area contributed by atoms with Crippen LogP contribution in [0.3, 0.4) is 0 Å². The van der Waals surface area contributed by atoms with E-state index in [0.29, 0.717) is 17.5 Å². The summed E-state index contributed by atoms with van der Waals surface area (Å²) in [6.45, 7) is 0. The molecular formula is C17H14Br2N2. The molecule has 0 spiro atoms. The van der Waals surface area contributed by atoms with Gasteiger partial charge in [-0.25, -0.2) is 0 Å². The fourth-order valence-corrected chi connectivity index (χ4v) is 3.82. The van der Waals surface area contributed by atoms with Gasteiger partial charge in [0.25, 0.3) is 0 Å². The Bertz CT molecular complexity index is 700. The summed E-state index contributed by atoms with van der Waals surface area (Å²) in [6, 6.07) is 16.8. The Labute approximate surface area is 141 Å². The number of hydrogen-bond acceptors (Lipinski definition) is 2. The lowest BCUT2D eigenvalue weighted by atomic mass is 9.76. The van der Waals surface area contributed by atoms with Crippen LogP contribution in [0.25, 0.3) is 0 Å². The predicted octanol–water partition coefficient (Wildman–Crippen LogP) is 5.44. The second kappa shape index (κ2) is 6.21. The Balaban J connectivity index is 1.63. The SMILES string of the molecule is N#Cc1ccc(NC2CC(c3ccccc3Br)C2)c(Br)c1. The van der Waals surface area contributed by atoms with E-state index in [1.54, 1.807) is 0 Å². The summed E-state index contributed by atoms with van der Waals surface area (Å²) in [4.78, 5) is 0. The Morgan fingerprint density at radius 3 is 2.48 bits per heavy atom. The van der Waals surface area contributed by atoms with Crippen molar-refractivity contribution >= 4 is 37.5 Å². The molecule has 0 amide bonds. The van der Waals surface area contributed by atoms with Gasteiger partial charge in [0.05, 0.1) is 11.6 Å². The zero-order valence-corrected chi connectivity index (χ0v) is 14.5. The maximum atomic E-state index is 8.88. The van der Waals surface area contributed by atoms with E-state index in [4.69, 9.17) is 5.26 Å². The lowest BCUT2D eigenvalue weighted by Crippen LogP contribution is -2.34. The fourth-order valence-electron chi connectivity index (χ4n) is 2.72. The first-order chi connectivity index (χ1) is 10.2. The molecule has 1 aliphatic carbocycles. The van der Waals surface area contributed by atoms with Gasteiger partial charge in [-0.3, -0.25) is 0 Å². The van der Waals surface area contributed by atoms with E-state index in [1.165, 1.54) is 10.0 Å². The zero-order chi connectivity index (χ0) is 14.8. The Kier molecular flexibility index (Phi) is 4.32. The summed E-state index contributed by atoms with van der Waals surface area (Å²) in [5, 5.41) is 12.4. The van der Waals surface area contributed by atoms with Crippen LogP contribution in [0, 0.1) is 11.3 Å². The van der Waals surface area contributed by atoms with Crippen molar-refractivity contribution in [2.75, 3.05) is 5.32 Å². The Morgan fingerprint density at radius 1 is 1.05 bits per heavy atom. The fraction of sp³-hybridized carbons (Fsp3) is 0.235. The number of nitriles is 1. The number of halogens is 2. The van der Waals surface area contributed by atoms with Gasteiger partial charge in [-0.1, -0.05) is 34.1 Å². The maximum absolute atomic E-state index is 8.88. The number of rotatable bonds is 3. The first-order valence-electron chi connectivity index (χ1n) is 6.88. The van der Waals surface area contributed by atoms with Gasteiger partial charge in [0.15, 0.2) is 0 Å². The van der Waals surface area contributed by atoms with Crippen LogP contribution in [-0.2, 0) is 0 Å². The highest BCUT2D eigenvalue weighted by Crippen LogP contribution is 2.41. The van der Waals surface area contributed by atoms with Crippen LogP contribution in [0.4, 0.5) is 5.69 Å². The highest BCUT2D eigenvalue weighted by atomic mass is 79.9.